The lowest BCUT2D eigenvalue weighted by Crippen LogP contribution is -2.46. The molecule has 2 aromatic heterocycles. The summed E-state index contributed by atoms with van der Waals surface area (Å²) in [7, 11) is 1.23. The second-order valence-corrected chi connectivity index (χ2v) is 11.0. The molecule has 1 fully saturated rings. The summed E-state index contributed by atoms with van der Waals surface area (Å²) in [5, 5.41) is 20.2. The van der Waals surface area contributed by atoms with E-state index in [2.05, 4.69) is 15.3 Å². The van der Waals surface area contributed by atoms with Crippen molar-refractivity contribution in [2.24, 2.45) is 5.73 Å². The van der Waals surface area contributed by atoms with Crippen molar-refractivity contribution < 1.29 is 36.9 Å². The number of primary amides is 1. The number of carbonyl (C=O) groups excluding carboxylic acids is 1. The van der Waals surface area contributed by atoms with Crippen LogP contribution in [0.1, 0.15) is 58.6 Å². The molecule has 43 heavy (non-hydrogen) atoms. The number of carbonyl (C=O) groups is 1. The Labute approximate surface area is 243 Å². The highest BCUT2D eigenvalue weighted by Gasteiger charge is 2.58. The van der Waals surface area contributed by atoms with Crippen LogP contribution >= 0.6 is 0 Å². The Morgan fingerprint density at radius 2 is 1.93 bits per heavy atom. The van der Waals surface area contributed by atoms with Crippen LogP contribution in [0.3, 0.4) is 0 Å². The lowest BCUT2D eigenvalue weighted by molar-refractivity contribution is -0.267. The summed E-state index contributed by atoms with van der Waals surface area (Å²) >= 11 is 0. The van der Waals surface area contributed by atoms with Gasteiger partial charge in [0.2, 0.25) is 11.5 Å². The van der Waals surface area contributed by atoms with Crippen LogP contribution in [0.5, 0.6) is 11.5 Å². The summed E-state index contributed by atoms with van der Waals surface area (Å²) in [6.07, 6.45) is -2.73. The number of methoxy groups -OCH3 is 1. The van der Waals surface area contributed by atoms with E-state index in [0.717, 1.165) is 36.7 Å². The van der Waals surface area contributed by atoms with E-state index in [1.807, 2.05) is 0 Å². The fraction of sp³-hybridized carbons (Fsp3) is 0.333. The van der Waals surface area contributed by atoms with Gasteiger partial charge in [0.25, 0.3) is 0 Å². The number of amides is 1. The highest BCUT2D eigenvalue weighted by Crippen LogP contribution is 2.50. The molecule has 0 radical (unpaired) electrons. The summed E-state index contributed by atoms with van der Waals surface area (Å²) in [6.45, 7) is 1.72. The molecule has 1 aliphatic heterocycles. The SMILES string of the molecule is COc1cccc(C(N)=O)c1C[C@](O)(c1cc2c(c(-c3ccc(F)cc3)n1)OC[C@]2(C)n1cc(C2CC2)nn1)C(F)(F)F. The number of pyridine rings is 1. The third kappa shape index (κ3) is 4.77. The van der Waals surface area contributed by atoms with Gasteiger partial charge in [0, 0.05) is 40.8 Å². The smallest absolute Gasteiger partial charge is 0.423 e. The molecule has 2 aliphatic rings. The summed E-state index contributed by atoms with van der Waals surface area (Å²) in [5.74, 6) is -1.17. The summed E-state index contributed by atoms with van der Waals surface area (Å²) < 4.78 is 71.8. The Morgan fingerprint density at radius 3 is 2.56 bits per heavy atom. The van der Waals surface area contributed by atoms with E-state index in [-0.39, 0.29) is 52.0 Å². The molecule has 0 bridgehead atoms. The van der Waals surface area contributed by atoms with Gasteiger partial charge in [-0.1, -0.05) is 11.3 Å². The number of fused-ring (bicyclic) bond motifs is 1. The van der Waals surface area contributed by atoms with E-state index >= 15 is 13.2 Å². The van der Waals surface area contributed by atoms with Crippen LogP contribution in [0.15, 0.2) is 54.7 Å². The molecule has 0 spiro atoms. The maximum Gasteiger partial charge on any atom is 0.423 e. The number of aromatic nitrogens is 4. The Morgan fingerprint density at radius 1 is 1.21 bits per heavy atom. The van der Waals surface area contributed by atoms with Gasteiger partial charge in [-0.05, 0) is 62.2 Å². The zero-order chi connectivity index (χ0) is 30.7. The Bertz CT molecular complexity index is 1720. The van der Waals surface area contributed by atoms with Gasteiger partial charge in [-0.3, -0.25) is 4.79 Å². The number of ether oxygens (including phenoxy) is 2. The van der Waals surface area contributed by atoms with Crippen molar-refractivity contribution >= 4 is 5.91 Å². The van der Waals surface area contributed by atoms with Gasteiger partial charge in [0.15, 0.2) is 5.75 Å². The second-order valence-electron chi connectivity index (χ2n) is 11.0. The Hall–Kier alpha value is -4.52. The fourth-order valence-corrected chi connectivity index (χ4v) is 5.42. The standard InChI is InChI=1S/C30H27F4N5O4/c1-28(39-14-22(37-38-39)16-6-7-16)15-43-26-21(28)12-24(36-25(26)17-8-10-18(31)11-9-17)29(41,30(32,33)34)13-20-19(27(35)40)4-3-5-23(20)42-2/h3-5,8-12,14,16,41H,6-7,13,15H2,1-2H3,(H2,35,40)/t28-,29-/m0/s1. The van der Waals surface area contributed by atoms with Crippen molar-refractivity contribution in [3.05, 3.63) is 88.6 Å². The van der Waals surface area contributed by atoms with Gasteiger partial charge in [0.05, 0.1) is 18.5 Å². The second kappa shape index (κ2) is 10.0. The first kappa shape index (κ1) is 28.6. The van der Waals surface area contributed by atoms with Crippen molar-refractivity contribution in [1.29, 1.82) is 0 Å². The van der Waals surface area contributed by atoms with Crippen molar-refractivity contribution in [3.8, 4) is 22.8 Å². The zero-order valence-electron chi connectivity index (χ0n) is 23.2. The lowest BCUT2D eigenvalue weighted by atomic mass is 9.84. The van der Waals surface area contributed by atoms with Crippen LogP contribution in [-0.4, -0.2) is 50.9 Å². The number of nitrogens with zero attached hydrogens (tertiary/aromatic N) is 4. The van der Waals surface area contributed by atoms with Crippen molar-refractivity contribution in [2.45, 2.75) is 49.4 Å². The van der Waals surface area contributed by atoms with Gasteiger partial charge in [0.1, 0.15) is 29.4 Å². The average molecular weight is 598 g/mol. The normalized spacial score (nSPS) is 19.4. The number of hydrogen-bond acceptors (Lipinski definition) is 7. The van der Waals surface area contributed by atoms with Crippen LogP contribution in [0, 0.1) is 5.82 Å². The van der Waals surface area contributed by atoms with Crippen molar-refractivity contribution in [3.63, 3.8) is 0 Å². The molecule has 1 aliphatic carbocycles. The topological polar surface area (TPSA) is 125 Å². The summed E-state index contributed by atoms with van der Waals surface area (Å²) in [5.41, 5.74) is 0.745. The molecule has 3 heterocycles. The third-order valence-electron chi connectivity index (χ3n) is 8.12. The molecule has 13 heteroatoms. The monoisotopic (exact) mass is 597 g/mol. The maximum absolute atomic E-state index is 15.0. The third-order valence-corrected chi connectivity index (χ3v) is 8.12. The minimum atomic E-state index is -5.29. The predicted octanol–water partition coefficient (Wildman–Crippen LogP) is 4.61. The van der Waals surface area contributed by atoms with Crippen molar-refractivity contribution in [1.82, 2.24) is 20.0 Å². The average Bonchev–Trinajstić information content (AvgIpc) is 3.59. The predicted molar refractivity (Wildman–Crippen MR) is 145 cm³/mol. The molecule has 224 valence electrons. The van der Waals surface area contributed by atoms with Crippen LogP contribution in [-0.2, 0) is 17.6 Å². The largest absolute Gasteiger partial charge is 0.496 e. The molecular formula is C30H27F4N5O4. The molecular weight excluding hydrogens is 570 g/mol. The van der Waals surface area contributed by atoms with Crippen LogP contribution in [0.25, 0.3) is 11.3 Å². The van der Waals surface area contributed by atoms with E-state index in [4.69, 9.17) is 15.2 Å². The van der Waals surface area contributed by atoms with Crippen molar-refractivity contribution in [2.75, 3.05) is 13.7 Å². The summed E-state index contributed by atoms with van der Waals surface area (Å²) in [6, 6.07) is 10.2. The van der Waals surface area contributed by atoms with Gasteiger partial charge < -0.3 is 20.3 Å². The molecule has 1 saturated carbocycles. The minimum Gasteiger partial charge on any atom is -0.496 e. The lowest BCUT2D eigenvalue weighted by Gasteiger charge is -2.32. The zero-order valence-corrected chi connectivity index (χ0v) is 23.2. The van der Waals surface area contributed by atoms with Gasteiger partial charge in [-0.15, -0.1) is 5.10 Å². The minimum absolute atomic E-state index is 0.0160. The molecule has 3 N–H and O–H groups in total. The van der Waals surface area contributed by atoms with Crippen LogP contribution in [0.2, 0.25) is 0 Å². The first-order valence-electron chi connectivity index (χ1n) is 13.5. The Balaban J connectivity index is 1.58. The van der Waals surface area contributed by atoms with Gasteiger partial charge in [-0.2, -0.15) is 13.2 Å². The fourth-order valence-electron chi connectivity index (χ4n) is 5.42. The number of hydrogen-bond donors (Lipinski definition) is 2. The van der Waals surface area contributed by atoms with Crippen LogP contribution < -0.4 is 15.2 Å². The number of aliphatic hydroxyl groups is 1. The van der Waals surface area contributed by atoms with E-state index in [1.54, 1.807) is 17.8 Å². The molecule has 2 atom stereocenters. The number of halogens is 4. The Kier molecular flexibility index (Phi) is 6.68. The number of alkyl halides is 3. The molecule has 2 aromatic carbocycles. The quantitative estimate of drug-likeness (QED) is 0.284. The molecule has 0 saturated heterocycles. The molecule has 6 rings (SSSR count). The first-order chi connectivity index (χ1) is 20.4. The highest BCUT2D eigenvalue weighted by atomic mass is 19.4. The van der Waals surface area contributed by atoms with Gasteiger partial charge in [-0.25, -0.2) is 14.1 Å². The van der Waals surface area contributed by atoms with Gasteiger partial charge >= 0.3 is 6.18 Å². The van der Waals surface area contributed by atoms with Crippen LogP contribution in [0.4, 0.5) is 17.6 Å². The molecule has 9 nitrogen and oxygen atoms in total. The molecule has 1 amide bonds. The molecule has 4 aromatic rings. The maximum atomic E-state index is 15.0. The van der Waals surface area contributed by atoms with E-state index < -0.39 is 41.2 Å². The first-order valence-corrected chi connectivity index (χ1v) is 13.5. The number of nitrogens with two attached hydrogens (primary N) is 1. The molecule has 0 unspecified atom stereocenters. The van der Waals surface area contributed by atoms with E-state index in [9.17, 15) is 14.3 Å². The highest BCUT2D eigenvalue weighted by molar-refractivity contribution is 5.95. The number of benzene rings is 2. The van der Waals surface area contributed by atoms with E-state index in [0.29, 0.717) is 0 Å². The number of rotatable bonds is 8. The summed E-state index contributed by atoms with van der Waals surface area (Å²) in [4.78, 5) is 16.5. The van der Waals surface area contributed by atoms with E-state index in [1.165, 1.54) is 37.4 Å².